The zero-order chi connectivity index (χ0) is 10.1. The van der Waals surface area contributed by atoms with Crippen LogP contribution in [0.3, 0.4) is 0 Å². The van der Waals surface area contributed by atoms with E-state index in [9.17, 15) is 0 Å². The zero-order valence-corrected chi connectivity index (χ0v) is 9.82. The van der Waals surface area contributed by atoms with Gasteiger partial charge in [-0.15, -0.1) is 0 Å². The molecule has 2 saturated carbocycles. The molecule has 0 unspecified atom stereocenters. The third-order valence-corrected chi connectivity index (χ3v) is 4.05. The van der Waals surface area contributed by atoms with Crippen LogP contribution in [-0.4, -0.2) is 10.00 Å². The topological polar surface area (TPSA) is 24.7 Å². The first-order chi connectivity index (χ1) is 6.62. The molecule has 0 heterocycles. The molecule has 2 aliphatic carbocycles. The summed E-state index contributed by atoms with van der Waals surface area (Å²) in [5, 5.41) is 8.53. The summed E-state index contributed by atoms with van der Waals surface area (Å²) in [6, 6.07) is 0. The highest BCUT2D eigenvalue weighted by molar-refractivity contribution is 6.24. The van der Waals surface area contributed by atoms with E-state index in [0.717, 1.165) is 51.4 Å². The molecular formula is C10H16Cl2N2. The number of hydrogen-bond acceptors (Lipinski definition) is 2. The lowest BCUT2D eigenvalue weighted by atomic mass is 10.2. The molecule has 2 fully saturated rings. The van der Waals surface area contributed by atoms with Gasteiger partial charge in [0.15, 0.2) is 10.00 Å². The summed E-state index contributed by atoms with van der Waals surface area (Å²) < 4.78 is 0. The smallest absolute Gasteiger partial charge is 0.154 e. The SMILES string of the molecule is ClC1(/N=N/C2(Cl)CCCC2)CCCC1. The molecule has 0 bridgehead atoms. The number of alkyl halides is 2. The highest BCUT2D eigenvalue weighted by Crippen LogP contribution is 2.41. The molecule has 0 saturated heterocycles. The second-order valence-corrected chi connectivity index (χ2v) is 5.86. The van der Waals surface area contributed by atoms with Gasteiger partial charge in [0.05, 0.1) is 0 Å². The fraction of sp³-hybridized carbons (Fsp3) is 1.00. The average Bonchev–Trinajstić information content (AvgIpc) is 2.74. The summed E-state index contributed by atoms with van der Waals surface area (Å²) in [6.07, 6.45) is 8.46. The minimum absolute atomic E-state index is 0.426. The van der Waals surface area contributed by atoms with E-state index >= 15 is 0 Å². The summed E-state index contributed by atoms with van der Waals surface area (Å²) >= 11 is 12.6. The van der Waals surface area contributed by atoms with Crippen molar-refractivity contribution in [3.05, 3.63) is 0 Å². The van der Waals surface area contributed by atoms with Crippen molar-refractivity contribution in [3.8, 4) is 0 Å². The third kappa shape index (κ3) is 2.40. The Balaban J connectivity index is 1.98. The summed E-state index contributed by atoms with van der Waals surface area (Å²) in [4.78, 5) is -0.852. The van der Waals surface area contributed by atoms with E-state index in [1.54, 1.807) is 0 Å². The quantitative estimate of drug-likeness (QED) is 0.383. The van der Waals surface area contributed by atoms with Crippen molar-refractivity contribution in [3.63, 3.8) is 0 Å². The lowest BCUT2D eigenvalue weighted by molar-refractivity contribution is 0.512. The predicted octanol–water partition coefficient (Wildman–Crippen LogP) is 4.46. The van der Waals surface area contributed by atoms with E-state index in [4.69, 9.17) is 23.2 Å². The molecule has 2 rings (SSSR count). The minimum Gasteiger partial charge on any atom is -0.169 e. The second kappa shape index (κ2) is 3.97. The van der Waals surface area contributed by atoms with Crippen LogP contribution in [0.25, 0.3) is 0 Å². The molecule has 0 aliphatic heterocycles. The molecule has 4 heteroatoms. The third-order valence-electron chi connectivity index (χ3n) is 3.15. The minimum atomic E-state index is -0.426. The van der Waals surface area contributed by atoms with Gasteiger partial charge in [-0.25, -0.2) is 0 Å². The Bertz CT molecular complexity index is 204. The standard InChI is InChI=1S/C10H16Cl2N2/c11-9(5-1-2-6-9)13-14-10(12)7-3-4-8-10/h1-8H2/b14-13+. The van der Waals surface area contributed by atoms with Crippen molar-refractivity contribution in [2.45, 2.75) is 61.4 Å². The second-order valence-electron chi connectivity index (χ2n) is 4.45. The highest BCUT2D eigenvalue weighted by Gasteiger charge is 2.35. The van der Waals surface area contributed by atoms with Crippen LogP contribution < -0.4 is 0 Å². The average molecular weight is 235 g/mol. The van der Waals surface area contributed by atoms with Gasteiger partial charge in [0.2, 0.25) is 0 Å². The van der Waals surface area contributed by atoms with Crippen molar-refractivity contribution in [2.24, 2.45) is 10.2 Å². The van der Waals surface area contributed by atoms with Crippen LogP contribution in [0.2, 0.25) is 0 Å². The van der Waals surface area contributed by atoms with Crippen LogP contribution in [0, 0.1) is 0 Å². The maximum Gasteiger partial charge on any atom is 0.154 e. The summed E-state index contributed by atoms with van der Waals surface area (Å²) in [5.41, 5.74) is 0. The summed E-state index contributed by atoms with van der Waals surface area (Å²) in [6.45, 7) is 0. The van der Waals surface area contributed by atoms with Crippen LogP contribution in [-0.2, 0) is 0 Å². The first-order valence-corrected chi connectivity index (χ1v) is 6.20. The van der Waals surface area contributed by atoms with Crippen LogP contribution in [0.1, 0.15) is 51.4 Å². The molecule has 0 spiro atoms. The van der Waals surface area contributed by atoms with Gasteiger partial charge in [-0.1, -0.05) is 23.2 Å². The molecule has 2 nitrogen and oxygen atoms in total. The van der Waals surface area contributed by atoms with Gasteiger partial charge >= 0.3 is 0 Å². The maximum atomic E-state index is 6.29. The Kier molecular flexibility index (Phi) is 3.03. The lowest BCUT2D eigenvalue weighted by Crippen LogP contribution is -2.16. The summed E-state index contributed by atoms with van der Waals surface area (Å²) in [5.74, 6) is 0. The molecule has 0 aromatic carbocycles. The van der Waals surface area contributed by atoms with Crippen molar-refractivity contribution >= 4 is 23.2 Å². The van der Waals surface area contributed by atoms with E-state index in [2.05, 4.69) is 10.2 Å². The Hall–Kier alpha value is 0.180. The normalized spacial score (nSPS) is 30.1. The molecule has 14 heavy (non-hydrogen) atoms. The van der Waals surface area contributed by atoms with Gasteiger partial charge in [0.1, 0.15) is 0 Å². The molecule has 0 aromatic heterocycles. The van der Waals surface area contributed by atoms with Crippen molar-refractivity contribution in [1.82, 2.24) is 0 Å². The zero-order valence-electron chi connectivity index (χ0n) is 8.31. The number of rotatable bonds is 2. The number of nitrogens with zero attached hydrogens (tertiary/aromatic N) is 2. The molecule has 2 aliphatic rings. The van der Waals surface area contributed by atoms with Gasteiger partial charge in [-0.05, 0) is 51.4 Å². The molecule has 0 N–H and O–H groups in total. The van der Waals surface area contributed by atoms with E-state index < -0.39 is 10.00 Å². The fourth-order valence-corrected chi connectivity index (χ4v) is 2.82. The van der Waals surface area contributed by atoms with Crippen molar-refractivity contribution in [2.75, 3.05) is 0 Å². The van der Waals surface area contributed by atoms with Crippen molar-refractivity contribution in [1.29, 1.82) is 0 Å². The van der Waals surface area contributed by atoms with E-state index in [-0.39, 0.29) is 0 Å². The Morgan fingerprint density at radius 2 is 0.929 bits per heavy atom. The number of halogens is 2. The number of hydrogen-bond donors (Lipinski definition) is 0. The van der Waals surface area contributed by atoms with Gasteiger partial charge < -0.3 is 0 Å². The van der Waals surface area contributed by atoms with Crippen LogP contribution >= 0.6 is 23.2 Å². The van der Waals surface area contributed by atoms with Gasteiger partial charge in [0.25, 0.3) is 0 Å². The molecule has 80 valence electrons. The van der Waals surface area contributed by atoms with Crippen molar-refractivity contribution < 1.29 is 0 Å². The Morgan fingerprint density at radius 3 is 1.21 bits per heavy atom. The van der Waals surface area contributed by atoms with Gasteiger partial charge in [0, 0.05) is 0 Å². The first-order valence-electron chi connectivity index (χ1n) is 5.44. The first kappa shape index (κ1) is 10.7. The molecule has 0 aromatic rings. The molecule has 0 amide bonds. The molecule has 0 radical (unpaired) electrons. The van der Waals surface area contributed by atoms with Crippen LogP contribution in [0.4, 0.5) is 0 Å². The van der Waals surface area contributed by atoms with E-state index in [0.29, 0.717) is 0 Å². The summed E-state index contributed by atoms with van der Waals surface area (Å²) in [7, 11) is 0. The number of azo groups is 1. The lowest BCUT2D eigenvalue weighted by Gasteiger charge is -2.18. The van der Waals surface area contributed by atoms with Gasteiger partial charge in [-0.2, -0.15) is 10.2 Å². The highest BCUT2D eigenvalue weighted by atomic mass is 35.5. The largest absolute Gasteiger partial charge is 0.169 e. The van der Waals surface area contributed by atoms with Crippen LogP contribution in [0.5, 0.6) is 0 Å². The van der Waals surface area contributed by atoms with E-state index in [1.165, 1.54) is 0 Å². The van der Waals surface area contributed by atoms with Gasteiger partial charge in [-0.3, -0.25) is 0 Å². The predicted molar refractivity (Wildman–Crippen MR) is 59.0 cm³/mol. The monoisotopic (exact) mass is 234 g/mol. The van der Waals surface area contributed by atoms with E-state index in [1.807, 2.05) is 0 Å². The molecular weight excluding hydrogens is 219 g/mol. The van der Waals surface area contributed by atoms with Crippen LogP contribution in [0.15, 0.2) is 10.2 Å². The maximum absolute atomic E-state index is 6.29. The Morgan fingerprint density at radius 1 is 0.643 bits per heavy atom. The fourth-order valence-electron chi connectivity index (χ4n) is 2.21. The Labute approximate surface area is 95.1 Å². The molecule has 0 atom stereocenters.